The third kappa shape index (κ3) is 1.84. The van der Waals surface area contributed by atoms with Crippen molar-refractivity contribution in [2.75, 3.05) is 0 Å². The molecule has 0 saturated carbocycles. The van der Waals surface area contributed by atoms with Gasteiger partial charge in [0.2, 0.25) is 0 Å². The van der Waals surface area contributed by atoms with Crippen molar-refractivity contribution in [3.8, 4) is 10.4 Å². The van der Waals surface area contributed by atoms with Crippen molar-refractivity contribution in [3.05, 3.63) is 53.7 Å². The van der Waals surface area contributed by atoms with Gasteiger partial charge in [-0.05, 0) is 10.8 Å². The van der Waals surface area contributed by atoms with Gasteiger partial charge in [-0.3, -0.25) is 0 Å². The van der Waals surface area contributed by atoms with Gasteiger partial charge in [0, 0.05) is 11.8 Å². The molecule has 0 spiro atoms. The molecular formula is C14H11NOS. The molecule has 0 unspecified atom stereocenters. The molecular weight excluding hydrogens is 230 g/mol. The average Bonchev–Trinajstić information content (AvgIpc) is 2.87. The number of hydrogen-bond acceptors (Lipinski definition) is 3. The van der Waals surface area contributed by atoms with E-state index >= 15 is 0 Å². The van der Waals surface area contributed by atoms with Crippen LogP contribution in [0.1, 0.15) is 5.01 Å². The Balaban J connectivity index is 2.23. The first-order valence-electron chi connectivity index (χ1n) is 5.42. The van der Waals surface area contributed by atoms with E-state index in [4.69, 9.17) is 5.11 Å². The fraction of sp³-hybridized carbons (Fsp3) is 0.0714. The van der Waals surface area contributed by atoms with Crippen LogP contribution in [0.5, 0.6) is 0 Å². The van der Waals surface area contributed by atoms with E-state index in [-0.39, 0.29) is 6.61 Å². The molecule has 1 heterocycles. The number of aromatic nitrogens is 1. The highest BCUT2D eigenvalue weighted by Gasteiger charge is 2.06. The Kier molecular flexibility index (Phi) is 2.63. The normalized spacial score (nSPS) is 10.9. The molecule has 0 amide bonds. The summed E-state index contributed by atoms with van der Waals surface area (Å²) in [6, 6.07) is 14.5. The van der Waals surface area contributed by atoms with Gasteiger partial charge in [0.25, 0.3) is 0 Å². The Morgan fingerprint density at radius 3 is 2.71 bits per heavy atom. The second kappa shape index (κ2) is 4.28. The van der Waals surface area contributed by atoms with E-state index in [1.54, 1.807) is 0 Å². The molecule has 3 rings (SSSR count). The Morgan fingerprint density at radius 2 is 1.88 bits per heavy atom. The zero-order valence-corrected chi connectivity index (χ0v) is 9.95. The second-order valence-electron chi connectivity index (χ2n) is 3.80. The monoisotopic (exact) mass is 241 g/mol. The summed E-state index contributed by atoms with van der Waals surface area (Å²) in [5.41, 5.74) is 1.18. The summed E-state index contributed by atoms with van der Waals surface area (Å²) in [4.78, 5) is 5.29. The van der Waals surface area contributed by atoms with E-state index in [1.165, 1.54) is 27.7 Å². The van der Waals surface area contributed by atoms with Crippen molar-refractivity contribution >= 4 is 22.1 Å². The Labute approximate surface area is 103 Å². The number of thiazole rings is 1. The van der Waals surface area contributed by atoms with Crippen LogP contribution in [0.15, 0.2) is 48.7 Å². The molecule has 0 saturated heterocycles. The lowest BCUT2D eigenvalue weighted by atomic mass is 10.0. The summed E-state index contributed by atoms with van der Waals surface area (Å²) >= 11 is 1.54. The molecule has 0 atom stereocenters. The van der Waals surface area contributed by atoms with Crippen LogP contribution >= 0.6 is 11.3 Å². The number of aliphatic hydroxyl groups excluding tert-OH is 1. The largest absolute Gasteiger partial charge is 0.389 e. The van der Waals surface area contributed by atoms with Crippen LogP contribution in [0.2, 0.25) is 0 Å². The highest BCUT2D eigenvalue weighted by Crippen LogP contribution is 2.32. The van der Waals surface area contributed by atoms with Crippen LogP contribution in [0.3, 0.4) is 0 Å². The van der Waals surface area contributed by atoms with Crippen LogP contribution in [0.4, 0.5) is 0 Å². The molecule has 0 fully saturated rings. The third-order valence-electron chi connectivity index (χ3n) is 2.74. The molecule has 1 N–H and O–H groups in total. The molecule has 3 aromatic rings. The van der Waals surface area contributed by atoms with Crippen molar-refractivity contribution in [2.24, 2.45) is 0 Å². The van der Waals surface area contributed by atoms with Gasteiger partial charge in [0.15, 0.2) is 0 Å². The molecule has 0 aliphatic rings. The lowest BCUT2D eigenvalue weighted by Gasteiger charge is -2.03. The molecule has 17 heavy (non-hydrogen) atoms. The van der Waals surface area contributed by atoms with E-state index in [1.807, 2.05) is 18.3 Å². The molecule has 84 valence electrons. The molecule has 1 aromatic heterocycles. The van der Waals surface area contributed by atoms with Gasteiger partial charge in [-0.15, -0.1) is 11.3 Å². The lowest BCUT2D eigenvalue weighted by Crippen LogP contribution is -1.77. The van der Waals surface area contributed by atoms with Gasteiger partial charge in [-0.2, -0.15) is 0 Å². The predicted octanol–water partition coefficient (Wildman–Crippen LogP) is 3.46. The van der Waals surface area contributed by atoms with E-state index in [9.17, 15) is 0 Å². The van der Waals surface area contributed by atoms with Gasteiger partial charge in [-0.25, -0.2) is 4.98 Å². The number of benzene rings is 2. The molecule has 0 aliphatic heterocycles. The maximum Gasteiger partial charge on any atom is 0.119 e. The maximum atomic E-state index is 9.06. The summed E-state index contributed by atoms with van der Waals surface area (Å²) in [6.45, 7) is 0.00936. The zero-order valence-electron chi connectivity index (χ0n) is 9.13. The molecule has 0 bridgehead atoms. The molecule has 2 nitrogen and oxygen atoms in total. The van der Waals surface area contributed by atoms with E-state index in [0.717, 1.165) is 9.88 Å². The van der Waals surface area contributed by atoms with Gasteiger partial charge in [-0.1, -0.05) is 42.5 Å². The summed E-state index contributed by atoms with van der Waals surface area (Å²) in [7, 11) is 0. The number of aliphatic hydroxyl groups is 1. The number of hydrogen-bond donors (Lipinski definition) is 1. The minimum absolute atomic E-state index is 0.00936. The fourth-order valence-corrected chi connectivity index (χ4v) is 2.77. The van der Waals surface area contributed by atoms with Crippen LogP contribution in [0.25, 0.3) is 21.2 Å². The average molecular weight is 241 g/mol. The smallest absolute Gasteiger partial charge is 0.119 e. The van der Waals surface area contributed by atoms with Crippen LogP contribution in [-0.4, -0.2) is 10.1 Å². The third-order valence-corrected chi connectivity index (χ3v) is 3.76. The Morgan fingerprint density at radius 1 is 1.06 bits per heavy atom. The number of nitrogens with zero attached hydrogens (tertiary/aromatic N) is 1. The lowest BCUT2D eigenvalue weighted by molar-refractivity contribution is 0.281. The SMILES string of the molecule is OCc1ncc(-c2cccc3ccccc23)s1. The summed E-state index contributed by atoms with van der Waals surface area (Å²) in [5, 5.41) is 12.3. The topological polar surface area (TPSA) is 33.1 Å². The zero-order chi connectivity index (χ0) is 11.7. The first-order chi connectivity index (χ1) is 8.38. The van der Waals surface area contributed by atoms with Crippen molar-refractivity contribution in [3.63, 3.8) is 0 Å². The highest BCUT2D eigenvalue weighted by atomic mass is 32.1. The van der Waals surface area contributed by atoms with Gasteiger partial charge >= 0.3 is 0 Å². The first-order valence-corrected chi connectivity index (χ1v) is 6.24. The Hall–Kier alpha value is -1.71. The molecule has 2 aromatic carbocycles. The predicted molar refractivity (Wildman–Crippen MR) is 71.0 cm³/mol. The van der Waals surface area contributed by atoms with Crippen molar-refractivity contribution in [1.29, 1.82) is 0 Å². The quantitative estimate of drug-likeness (QED) is 0.745. The van der Waals surface area contributed by atoms with Crippen LogP contribution in [-0.2, 0) is 6.61 Å². The van der Waals surface area contributed by atoms with Crippen molar-refractivity contribution < 1.29 is 5.11 Å². The molecule has 0 aliphatic carbocycles. The minimum Gasteiger partial charge on any atom is -0.389 e. The Bertz CT molecular complexity index is 655. The van der Waals surface area contributed by atoms with Gasteiger partial charge in [0.05, 0.1) is 11.5 Å². The van der Waals surface area contributed by atoms with Crippen molar-refractivity contribution in [1.82, 2.24) is 4.98 Å². The van der Waals surface area contributed by atoms with Crippen LogP contribution < -0.4 is 0 Å². The standard InChI is InChI=1S/C14H11NOS/c16-9-14-15-8-13(17-14)12-7-3-5-10-4-1-2-6-11(10)12/h1-8,16H,9H2. The van der Waals surface area contributed by atoms with E-state index in [0.29, 0.717) is 0 Å². The maximum absolute atomic E-state index is 9.06. The van der Waals surface area contributed by atoms with E-state index in [2.05, 4.69) is 35.3 Å². The summed E-state index contributed by atoms with van der Waals surface area (Å²) in [6.07, 6.45) is 1.83. The summed E-state index contributed by atoms with van der Waals surface area (Å²) < 4.78 is 0. The first kappa shape index (κ1) is 10.4. The number of rotatable bonds is 2. The van der Waals surface area contributed by atoms with Gasteiger partial charge < -0.3 is 5.11 Å². The summed E-state index contributed by atoms with van der Waals surface area (Å²) in [5.74, 6) is 0. The van der Waals surface area contributed by atoms with Crippen molar-refractivity contribution in [2.45, 2.75) is 6.61 Å². The highest BCUT2D eigenvalue weighted by molar-refractivity contribution is 7.15. The van der Waals surface area contributed by atoms with Gasteiger partial charge in [0.1, 0.15) is 5.01 Å². The minimum atomic E-state index is 0.00936. The van der Waals surface area contributed by atoms with Crippen LogP contribution in [0, 0.1) is 0 Å². The molecule has 0 radical (unpaired) electrons. The fourth-order valence-electron chi connectivity index (χ4n) is 1.95. The number of fused-ring (bicyclic) bond motifs is 1. The second-order valence-corrected chi connectivity index (χ2v) is 4.92. The molecule has 3 heteroatoms. The van der Waals surface area contributed by atoms with E-state index < -0.39 is 0 Å².